The van der Waals surface area contributed by atoms with Gasteiger partial charge in [-0.1, -0.05) is 30.3 Å². The van der Waals surface area contributed by atoms with Crippen LogP contribution < -0.4 is 5.32 Å². The van der Waals surface area contributed by atoms with Crippen molar-refractivity contribution in [2.75, 3.05) is 5.32 Å². The van der Waals surface area contributed by atoms with Crippen LogP contribution in [0.2, 0.25) is 0 Å². The third kappa shape index (κ3) is 1.72. The largest absolute Gasteiger partial charge is 0.325 e. The van der Waals surface area contributed by atoms with Crippen LogP contribution in [-0.4, -0.2) is 5.91 Å². The highest BCUT2D eigenvalue weighted by Gasteiger charge is 2.20. The van der Waals surface area contributed by atoms with E-state index < -0.39 is 0 Å². The predicted molar refractivity (Wildman–Crippen MR) is 68.9 cm³/mol. The maximum atomic E-state index is 11.4. The maximum absolute atomic E-state index is 11.4. The van der Waals surface area contributed by atoms with Crippen molar-refractivity contribution in [1.82, 2.24) is 0 Å². The molecular formula is C15H13NO. The normalized spacial score (nSPS) is 13.4. The Morgan fingerprint density at radius 1 is 1.06 bits per heavy atom. The van der Waals surface area contributed by atoms with Crippen LogP contribution in [0.5, 0.6) is 0 Å². The first-order valence-electron chi connectivity index (χ1n) is 5.73. The Bertz CT molecular complexity index is 587. The zero-order valence-corrected chi connectivity index (χ0v) is 9.66. The van der Waals surface area contributed by atoms with E-state index in [4.69, 9.17) is 0 Å². The molecule has 0 atom stereocenters. The lowest BCUT2D eigenvalue weighted by Crippen LogP contribution is -2.04. The van der Waals surface area contributed by atoms with Gasteiger partial charge in [0, 0.05) is 5.69 Å². The number of aryl methyl sites for hydroxylation is 1. The van der Waals surface area contributed by atoms with Crippen molar-refractivity contribution in [3.63, 3.8) is 0 Å². The topological polar surface area (TPSA) is 29.1 Å². The molecule has 0 bridgehead atoms. The third-order valence-electron chi connectivity index (χ3n) is 3.14. The van der Waals surface area contributed by atoms with Crippen molar-refractivity contribution < 1.29 is 4.79 Å². The molecule has 1 heterocycles. The summed E-state index contributed by atoms with van der Waals surface area (Å²) in [5, 5.41) is 2.91. The van der Waals surface area contributed by atoms with Crippen molar-refractivity contribution in [1.29, 1.82) is 0 Å². The van der Waals surface area contributed by atoms with Crippen LogP contribution in [0.25, 0.3) is 11.1 Å². The van der Waals surface area contributed by atoms with E-state index in [1.54, 1.807) is 0 Å². The van der Waals surface area contributed by atoms with Crippen molar-refractivity contribution in [3.8, 4) is 11.1 Å². The van der Waals surface area contributed by atoms with Crippen molar-refractivity contribution in [2.45, 2.75) is 13.3 Å². The molecule has 2 aromatic rings. The second-order valence-corrected chi connectivity index (χ2v) is 4.42. The molecule has 0 saturated carbocycles. The predicted octanol–water partition coefficient (Wildman–Crippen LogP) is 3.16. The first kappa shape index (κ1) is 10.1. The van der Waals surface area contributed by atoms with Gasteiger partial charge in [0.15, 0.2) is 0 Å². The quantitative estimate of drug-likeness (QED) is 0.790. The number of amides is 1. The molecule has 0 fully saturated rings. The van der Waals surface area contributed by atoms with E-state index in [2.05, 4.69) is 29.6 Å². The van der Waals surface area contributed by atoms with E-state index in [0.717, 1.165) is 16.8 Å². The Hall–Kier alpha value is -2.09. The van der Waals surface area contributed by atoms with Gasteiger partial charge in [0.25, 0.3) is 0 Å². The van der Waals surface area contributed by atoms with E-state index >= 15 is 0 Å². The van der Waals surface area contributed by atoms with Gasteiger partial charge in [-0.2, -0.15) is 0 Å². The molecule has 1 N–H and O–H groups in total. The van der Waals surface area contributed by atoms with Gasteiger partial charge in [0.2, 0.25) is 5.91 Å². The van der Waals surface area contributed by atoms with E-state index in [0.29, 0.717) is 6.42 Å². The van der Waals surface area contributed by atoms with E-state index in [1.165, 1.54) is 11.1 Å². The van der Waals surface area contributed by atoms with Gasteiger partial charge in [-0.15, -0.1) is 0 Å². The van der Waals surface area contributed by atoms with Gasteiger partial charge in [-0.3, -0.25) is 4.79 Å². The van der Waals surface area contributed by atoms with Crippen molar-refractivity contribution >= 4 is 11.6 Å². The molecule has 2 aromatic carbocycles. The molecular weight excluding hydrogens is 210 g/mol. The summed E-state index contributed by atoms with van der Waals surface area (Å²) < 4.78 is 0. The average Bonchev–Trinajstić information content (AvgIpc) is 2.71. The van der Waals surface area contributed by atoms with Gasteiger partial charge >= 0.3 is 0 Å². The standard InChI is InChI=1S/C15H13NO/c1-10-7-12(11-5-3-2-4-6-11)8-13-9-14(17)16-15(10)13/h2-8H,9H2,1H3,(H,16,17). The van der Waals surface area contributed by atoms with Gasteiger partial charge in [0.05, 0.1) is 6.42 Å². The number of hydrogen-bond acceptors (Lipinski definition) is 1. The number of fused-ring (bicyclic) bond motifs is 1. The molecule has 1 aliphatic rings. The zero-order chi connectivity index (χ0) is 11.8. The monoisotopic (exact) mass is 223 g/mol. The van der Waals surface area contributed by atoms with Gasteiger partial charge in [-0.25, -0.2) is 0 Å². The molecule has 0 unspecified atom stereocenters. The number of carbonyl (C=O) groups is 1. The molecule has 1 aliphatic heterocycles. The smallest absolute Gasteiger partial charge is 0.228 e. The molecule has 1 amide bonds. The number of nitrogens with one attached hydrogen (secondary N) is 1. The van der Waals surface area contributed by atoms with E-state index in [9.17, 15) is 4.79 Å². The molecule has 2 nitrogen and oxygen atoms in total. The van der Waals surface area contributed by atoms with E-state index in [1.807, 2.05) is 25.1 Å². The fourth-order valence-corrected chi connectivity index (χ4v) is 2.33. The zero-order valence-electron chi connectivity index (χ0n) is 9.66. The molecule has 0 aromatic heterocycles. The fraction of sp³-hybridized carbons (Fsp3) is 0.133. The first-order valence-corrected chi connectivity index (χ1v) is 5.73. The summed E-state index contributed by atoms with van der Waals surface area (Å²) >= 11 is 0. The van der Waals surface area contributed by atoms with Gasteiger partial charge in [0.1, 0.15) is 0 Å². The fourth-order valence-electron chi connectivity index (χ4n) is 2.33. The molecule has 0 spiro atoms. The molecule has 84 valence electrons. The molecule has 17 heavy (non-hydrogen) atoms. The molecule has 0 saturated heterocycles. The number of benzene rings is 2. The highest BCUT2D eigenvalue weighted by atomic mass is 16.1. The van der Waals surface area contributed by atoms with Gasteiger partial charge in [-0.05, 0) is 41.3 Å². The van der Waals surface area contributed by atoms with Crippen LogP contribution in [0, 0.1) is 6.92 Å². The Morgan fingerprint density at radius 2 is 1.82 bits per heavy atom. The van der Waals surface area contributed by atoms with Crippen LogP contribution >= 0.6 is 0 Å². The van der Waals surface area contributed by atoms with Crippen molar-refractivity contribution in [3.05, 3.63) is 53.6 Å². The minimum absolute atomic E-state index is 0.0910. The highest BCUT2D eigenvalue weighted by molar-refractivity contribution is 6.00. The van der Waals surface area contributed by atoms with Crippen LogP contribution in [0.1, 0.15) is 11.1 Å². The second kappa shape index (κ2) is 3.74. The number of rotatable bonds is 1. The summed E-state index contributed by atoms with van der Waals surface area (Å²) in [6.07, 6.45) is 0.497. The summed E-state index contributed by atoms with van der Waals surface area (Å²) in [7, 11) is 0. The average molecular weight is 223 g/mol. The molecule has 0 radical (unpaired) electrons. The van der Waals surface area contributed by atoms with Crippen molar-refractivity contribution in [2.24, 2.45) is 0 Å². The molecule has 0 aliphatic carbocycles. The second-order valence-electron chi connectivity index (χ2n) is 4.42. The number of anilines is 1. The number of carbonyl (C=O) groups excluding carboxylic acids is 1. The van der Waals surface area contributed by atoms with Crippen LogP contribution in [0.4, 0.5) is 5.69 Å². The lowest BCUT2D eigenvalue weighted by Gasteiger charge is -2.08. The van der Waals surface area contributed by atoms with Crippen LogP contribution in [-0.2, 0) is 11.2 Å². The van der Waals surface area contributed by atoms with Crippen LogP contribution in [0.15, 0.2) is 42.5 Å². The third-order valence-corrected chi connectivity index (χ3v) is 3.14. The minimum atomic E-state index is 0.0910. The van der Waals surface area contributed by atoms with Gasteiger partial charge < -0.3 is 5.32 Å². The molecule has 3 rings (SSSR count). The Morgan fingerprint density at radius 3 is 2.59 bits per heavy atom. The highest BCUT2D eigenvalue weighted by Crippen LogP contribution is 2.32. The summed E-state index contributed by atoms with van der Waals surface area (Å²) in [5.41, 5.74) is 5.60. The molecule has 2 heteroatoms. The maximum Gasteiger partial charge on any atom is 0.228 e. The van der Waals surface area contributed by atoms with Crippen LogP contribution in [0.3, 0.4) is 0 Å². The first-order chi connectivity index (χ1) is 8.24. The number of hydrogen-bond donors (Lipinski definition) is 1. The summed E-state index contributed by atoms with van der Waals surface area (Å²) in [6, 6.07) is 14.5. The summed E-state index contributed by atoms with van der Waals surface area (Å²) in [4.78, 5) is 11.4. The minimum Gasteiger partial charge on any atom is -0.325 e. The lowest BCUT2D eigenvalue weighted by atomic mass is 9.98. The summed E-state index contributed by atoms with van der Waals surface area (Å²) in [6.45, 7) is 2.04. The Balaban J connectivity index is 2.13. The lowest BCUT2D eigenvalue weighted by molar-refractivity contribution is -0.115. The summed E-state index contributed by atoms with van der Waals surface area (Å²) in [5.74, 6) is 0.0910. The van der Waals surface area contributed by atoms with E-state index in [-0.39, 0.29) is 5.91 Å². The SMILES string of the molecule is Cc1cc(-c2ccccc2)cc2c1NC(=O)C2. The Kier molecular flexibility index (Phi) is 2.22. The Labute approximate surface area is 100 Å².